The first-order valence-electron chi connectivity index (χ1n) is 11.5. The molecule has 1 nitrogen and oxygen atoms in total. The van der Waals surface area contributed by atoms with Crippen molar-refractivity contribution in [3.63, 3.8) is 0 Å². The van der Waals surface area contributed by atoms with Gasteiger partial charge in [-0.3, -0.25) is 0 Å². The third-order valence-corrected chi connectivity index (χ3v) is 14.8. The number of rotatable bonds is 5. The third kappa shape index (κ3) is 3.54. The van der Waals surface area contributed by atoms with Gasteiger partial charge in [0.25, 0.3) is 0 Å². The van der Waals surface area contributed by atoms with Gasteiger partial charge in [-0.1, -0.05) is 97.1 Å². The molecule has 3 heteroatoms. The molecule has 0 saturated heterocycles. The molecule has 0 amide bonds. The van der Waals surface area contributed by atoms with Crippen LogP contribution in [0.2, 0.25) is 0 Å². The van der Waals surface area contributed by atoms with E-state index in [0.29, 0.717) is 0 Å². The summed E-state index contributed by atoms with van der Waals surface area (Å²) in [5.74, 6) is 3.83. The largest absolute Gasteiger partial charge is 0.225 e. The van der Waals surface area contributed by atoms with E-state index in [9.17, 15) is 0 Å². The lowest BCUT2D eigenvalue weighted by atomic mass is 10.1. The Kier molecular flexibility index (Phi) is 5.86. The molecule has 163 valence electrons. The predicted molar refractivity (Wildman–Crippen MR) is 149 cm³/mol. The maximum Gasteiger partial charge on any atom is 0.225 e. The molecule has 1 aliphatic carbocycles. The molecule has 0 aromatic heterocycles. The molecule has 6 rings (SSSR count). The molecule has 0 N–H and O–H groups in total. The van der Waals surface area contributed by atoms with Crippen LogP contribution in [0, 0.1) is 31.6 Å². The van der Waals surface area contributed by atoms with Crippen molar-refractivity contribution in [3.8, 4) is 0 Å². The minimum atomic E-state index is -2.27. The van der Waals surface area contributed by atoms with Gasteiger partial charge in [-0.15, -0.1) is 4.52 Å². The average molecular weight is 473 g/mol. The molecule has 1 fully saturated rings. The van der Waals surface area contributed by atoms with Crippen molar-refractivity contribution in [1.29, 1.82) is 0 Å². The van der Waals surface area contributed by atoms with E-state index in [-0.39, 0.29) is 0 Å². The molecule has 4 aromatic carbocycles. The Hall–Kier alpha value is -2.72. The molecule has 0 bridgehead atoms. The molecule has 1 aliphatic heterocycles. The van der Waals surface area contributed by atoms with Gasteiger partial charge < -0.3 is 0 Å². The lowest BCUT2D eigenvalue weighted by molar-refractivity contribution is 1.35. The summed E-state index contributed by atoms with van der Waals surface area (Å²) >= 11 is 0. The van der Waals surface area contributed by atoms with Gasteiger partial charge in [-0.05, 0) is 49.9 Å². The molecule has 34 heavy (non-hydrogen) atoms. The van der Waals surface area contributed by atoms with Gasteiger partial charge in [0.15, 0.2) is 0 Å². The van der Waals surface area contributed by atoms with Gasteiger partial charge in [0, 0.05) is 16.4 Å². The van der Waals surface area contributed by atoms with E-state index in [1.165, 1.54) is 32.5 Å². The van der Waals surface area contributed by atoms with Crippen LogP contribution in [0.3, 0.4) is 0 Å². The number of hydrogen-bond acceptors (Lipinski definition) is 1. The Morgan fingerprint density at radius 1 is 0.500 bits per heavy atom. The summed E-state index contributed by atoms with van der Waals surface area (Å²) in [6.07, 6.45) is 8.78. The van der Waals surface area contributed by atoms with Gasteiger partial charge in [0.1, 0.15) is 15.9 Å². The molecule has 2 aliphatic rings. The van der Waals surface area contributed by atoms with Gasteiger partial charge in [0.2, 0.25) is 7.41 Å². The molecule has 0 unspecified atom stereocenters. The van der Waals surface area contributed by atoms with Crippen LogP contribution in [-0.4, -0.2) is 0 Å². The van der Waals surface area contributed by atoms with Gasteiger partial charge in [0.05, 0.1) is 13.0 Å². The zero-order valence-corrected chi connectivity index (χ0v) is 20.6. The summed E-state index contributed by atoms with van der Waals surface area (Å²) in [5.41, 5.74) is 0. The first kappa shape index (κ1) is 21.8. The summed E-state index contributed by atoms with van der Waals surface area (Å²) in [6.45, 7) is 0. The van der Waals surface area contributed by atoms with E-state index < -0.39 is 14.5 Å². The lowest BCUT2D eigenvalue weighted by Crippen LogP contribution is -2.23. The summed E-state index contributed by atoms with van der Waals surface area (Å²) in [7, 11) is -4.46. The zero-order chi connectivity index (χ0) is 22.8. The van der Waals surface area contributed by atoms with Gasteiger partial charge >= 0.3 is 0 Å². The van der Waals surface area contributed by atoms with Crippen molar-refractivity contribution in [2.45, 2.75) is 0 Å². The average Bonchev–Trinajstić information content (AvgIpc) is 3.59. The Morgan fingerprint density at radius 2 is 0.912 bits per heavy atom. The van der Waals surface area contributed by atoms with Crippen molar-refractivity contribution in [2.75, 3.05) is 0 Å². The predicted octanol–water partition coefficient (Wildman–Crippen LogP) is 6.68. The number of nitrogens with zero attached hydrogens (tertiary/aromatic N) is 1. The quantitative estimate of drug-likeness (QED) is 0.287. The first-order valence-corrected chi connectivity index (χ1v) is 15.1. The van der Waals surface area contributed by atoms with Crippen LogP contribution in [0.15, 0.2) is 137 Å². The molecule has 0 spiro atoms. The molecule has 1 heterocycles. The van der Waals surface area contributed by atoms with Crippen LogP contribution in [0.4, 0.5) is 0 Å². The van der Waals surface area contributed by atoms with E-state index in [1.807, 2.05) is 0 Å². The van der Waals surface area contributed by atoms with Crippen molar-refractivity contribution < 1.29 is 0 Å². The smallest absolute Gasteiger partial charge is 0.121 e. The van der Waals surface area contributed by atoms with E-state index >= 15 is 0 Å². The second-order valence-electron chi connectivity index (χ2n) is 8.44. The van der Waals surface area contributed by atoms with E-state index in [0.717, 1.165) is 0 Å². The van der Waals surface area contributed by atoms with Crippen molar-refractivity contribution in [3.05, 3.63) is 164 Å². The molecule has 5 radical (unpaired) electrons. The lowest BCUT2D eigenvalue weighted by Gasteiger charge is -2.25. The fourth-order valence-corrected chi connectivity index (χ4v) is 14.9. The van der Waals surface area contributed by atoms with Crippen LogP contribution in [0.5, 0.6) is 0 Å². The van der Waals surface area contributed by atoms with Crippen molar-refractivity contribution in [1.82, 2.24) is 0 Å². The van der Waals surface area contributed by atoms with Gasteiger partial charge in [-0.25, -0.2) is 0 Å². The van der Waals surface area contributed by atoms with Gasteiger partial charge in [-0.2, -0.15) is 0 Å². The summed E-state index contributed by atoms with van der Waals surface area (Å²) < 4.78 is 6.10. The SMILES string of the molecule is [CH]1[CH][CH][C](C2=CP(c3ccccc3)(c3ccccc3)=N[P+]2(c2ccccc2)c2ccccc2)[CH]1. The Labute approximate surface area is 204 Å². The van der Waals surface area contributed by atoms with Crippen LogP contribution in [0.1, 0.15) is 0 Å². The van der Waals surface area contributed by atoms with Crippen LogP contribution in [-0.2, 0) is 0 Å². The normalized spacial score (nSPS) is 18.9. The highest BCUT2D eigenvalue weighted by atomic mass is 31.2. The van der Waals surface area contributed by atoms with E-state index in [2.05, 4.69) is 153 Å². The Morgan fingerprint density at radius 3 is 1.35 bits per heavy atom. The minimum absolute atomic E-state index is 1.28. The first-order chi connectivity index (χ1) is 16.8. The number of benzene rings is 4. The third-order valence-electron chi connectivity index (χ3n) is 6.45. The molecular weight excluding hydrogens is 448 g/mol. The fourth-order valence-electron chi connectivity index (χ4n) is 4.88. The highest BCUT2D eigenvalue weighted by Crippen LogP contribution is 2.80. The second kappa shape index (κ2) is 9.14. The van der Waals surface area contributed by atoms with E-state index in [1.54, 1.807) is 0 Å². The number of hydrogen-bond donors (Lipinski definition) is 0. The monoisotopic (exact) mass is 473 g/mol. The number of allylic oxidation sites excluding steroid dienone is 1. The summed E-state index contributed by atoms with van der Waals surface area (Å²) in [4.78, 5) is 0. The molecule has 4 aromatic rings. The Balaban J connectivity index is 1.75. The highest BCUT2D eigenvalue weighted by Gasteiger charge is 2.57. The maximum atomic E-state index is 6.10. The molecule has 0 atom stereocenters. The van der Waals surface area contributed by atoms with E-state index in [4.69, 9.17) is 4.52 Å². The highest BCUT2D eigenvalue weighted by molar-refractivity contribution is 8.01. The fraction of sp³-hybridized carbons (Fsp3) is 0. The van der Waals surface area contributed by atoms with Crippen molar-refractivity contribution >= 4 is 35.7 Å². The standard InChI is InChI=1S/C31H25NP2/c1-5-17-27(18-6-1)33(28-19-7-2-8-20-28)25-31(26-15-13-14-16-26)34(32-33,29-21-9-3-10-22-29)30-23-11-4-12-24-30/h1-25H/q+1. The Bertz CT molecular complexity index is 1260. The molecular formula is C31H25NP2+. The topological polar surface area (TPSA) is 12.4 Å². The van der Waals surface area contributed by atoms with Crippen LogP contribution >= 0.6 is 14.5 Å². The summed E-state index contributed by atoms with van der Waals surface area (Å²) in [6, 6.07) is 43.8. The zero-order valence-electron chi connectivity index (χ0n) is 18.8. The second-order valence-corrected chi connectivity index (χ2v) is 14.6. The van der Waals surface area contributed by atoms with Crippen LogP contribution in [0.25, 0.3) is 0 Å². The van der Waals surface area contributed by atoms with Crippen LogP contribution < -0.4 is 21.2 Å². The minimum Gasteiger partial charge on any atom is -0.121 e. The van der Waals surface area contributed by atoms with Crippen molar-refractivity contribution in [2.24, 2.45) is 4.52 Å². The summed E-state index contributed by atoms with van der Waals surface area (Å²) in [5, 5.41) is 6.60. The maximum absolute atomic E-state index is 6.10. The molecule has 1 saturated carbocycles.